The molecule has 0 saturated heterocycles. The molecular weight excluding hydrogens is 431 g/mol. The summed E-state index contributed by atoms with van der Waals surface area (Å²) < 4.78 is 6.26. The molecule has 1 aliphatic rings. The summed E-state index contributed by atoms with van der Waals surface area (Å²) in [6.07, 6.45) is -0.864. The molecule has 9 heteroatoms. The number of nitrogens with zero attached hydrogens (tertiary/aromatic N) is 4. The molecule has 0 saturated carbocycles. The first-order valence-electron chi connectivity index (χ1n) is 8.88. The molecule has 0 radical (unpaired) electrons. The van der Waals surface area contributed by atoms with E-state index >= 15 is 0 Å². The van der Waals surface area contributed by atoms with Crippen LogP contribution in [0.25, 0.3) is 11.3 Å². The van der Waals surface area contributed by atoms with Gasteiger partial charge in [-0.15, -0.1) is 10.2 Å². The molecule has 3 aromatic rings. The Morgan fingerprint density at radius 3 is 2.72 bits per heavy atom. The van der Waals surface area contributed by atoms with E-state index in [2.05, 4.69) is 15.2 Å². The monoisotopic (exact) mass is 446 g/mol. The number of rotatable bonds is 3. The van der Waals surface area contributed by atoms with Crippen LogP contribution in [0.4, 0.5) is 5.69 Å². The van der Waals surface area contributed by atoms with Gasteiger partial charge in [0.2, 0.25) is 23.2 Å². The maximum absolute atomic E-state index is 12.7. The van der Waals surface area contributed by atoms with Crippen LogP contribution in [0.1, 0.15) is 25.6 Å². The number of benzene rings is 2. The summed E-state index contributed by atoms with van der Waals surface area (Å²) in [5, 5.41) is 9.72. The van der Waals surface area contributed by atoms with Crippen molar-refractivity contribution in [2.24, 2.45) is 0 Å². The van der Waals surface area contributed by atoms with Crippen LogP contribution in [0, 0.1) is 0 Å². The number of ether oxygens (including phenoxy) is 1. The van der Waals surface area contributed by atoms with Crippen molar-refractivity contribution in [1.82, 2.24) is 15.2 Å². The highest BCUT2D eigenvalue weighted by Gasteiger charge is 2.35. The molecule has 6 nitrogen and oxygen atoms in total. The molecule has 2 heterocycles. The largest absolute Gasteiger partial charge is 0.447 e. The van der Waals surface area contributed by atoms with E-state index in [9.17, 15) is 4.79 Å². The minimum absolute atomic E-state index is 0.220. The SMILES string of the molecule is CCSc1nnc2c(n1)O[C@@H](c1cccc(Cl)c1Cl)N(C(C)=O)c1ccccc1-2. The van der Waals surface area contributed by atoms with Gasteiger partial charge in [-0.3, -0.25) is 9.69 Å². The predicted octanol–water partition coefficient (Wildman–Crippen LogP) is 5.40. The van der Waals surface area contributed by atoms with Gasteiger partial charge in [0.15, 0.2) is 5.69 Å². The maximum Gasteiger partial charge on any atom is 0.247 e. The fourth-order valence-corrected chi connectivity index (χ4v) is 4.06. The van der Waals surface area contributed by atoms with E-state index in [0.717, 1.165) is 5.75 Å². The van der Waals surface area contributed by atoms with Crippen LogP contribution < -0.4 is 9.64 Å². The van der Waals surface area contributed by atoms with Crippen molar-refractivity contribution in [2.75, 3.05) is 10.7 Å². The smallest absolute Gasteiger partial charge is 0.247 e. The lowest BCUT2D eigenvalue weighted by Crippen LogP contribution is -2.36. The minimum atomic E-state index is -0.864. The quantitative estimate of drug-likeness (QED) is 0.501. The first-order valence-corrected chi connectivity index (χ1v) is 10.6. The van der Waals surface area contributed by atoms with Gasteiger partial charge in [-0.05, 0) is 17.9 Å². The van der Waals surface area contributed by atoms with Crippen molar-refractivity contribution < 1.29 is 9.53 Å². The van der Waals surface area contributed by atoms with Crippen LogP contribution in [0.3, 0.4) is 0 Å². The van der Waals surface area contributed by atoms with Gasteiger partial charge in [0, 0.05) is 18.1 Å². The third-order valence-corrected chi connectivity index (χ3v) is 5.93. The normalized spacial score (nSPS) is 15.2. The highest BCUT2D eigenvalue weighted by Crippen LogP contribution is 2.45. The van der Waals surface area contributed by atoms with Gasteiger partial charge < -0.3 is 4.74 Å². The van der Waals surface area contributed by atoms with Crippen molar-refractivity contribution >= 4 is 46.6 Å². The van der Waals surface area contributed by atoms with E-state index in [0.29, 0.717) is 37.7 Å². The van der Waals surface area contributed by atoms with Crippen molar-refractivity contribution in [1.29, 1.82) is 0 Å². The first kappa shape index (κ1) is 19.9. The summed E-state index contributed by atoms with van der Waals surface area (Å²) >= 11 is 14.2. The molecule has 0 bridgehead atoms. The standard InChI is InChI=1S/C20H16Cl2N4O2S/c1-3-29-20-23-18-17(24-25-20)12-7-4-5-10-15(12)26(11(2)27)19(28-18)13-8-6-9-14(21)16(13)22/h4-10,19H,3H2,1-2H3/t19-/m0/s1. The van der Waals surface area contributed by atoms with E-state index in [4.69, 9.17) is 27.9 Å². The summed E-state index contributed by atoms with van der Waals surface area (Å²) in [6, 6.07) is 12.6. The number of fused-ring (bicyclic) bond motifs is 3. The summed E-state index contributed by atoms with van der Waals surface area (Å²) in [4.78, 5) is 18.8. The van der Waals surface area contributed by atoms with E-state index in [1.165, 1.54) is 23.6 Å². The molecule has 0 fully saturated rings. The van der Waals surface area contributed by atoms with E-state index in [1.54, 1.807) is 18.2 Å². The van der Waals surface area contributed by atoms with Gasteiger partial charge in [0.1, 0.15) is 0 Å². The fourth-order valence-electron chi connectivity index (χ4n) is 3.16. The molecule has 0 unspecified atom stereocenters. The van der Waals surface area contributed by atoms with Gasteiger partial charge >= 0.3 is 0 Å². The number of thioether (sulfide) groups is 1. The molecule has 1 atom stereocenters. The summed E-state index contributed by atoms with van der Waals surface area (Å²) in [6.45, 7) is 3.47. The van der Waals surface area contributed by atoms with Gasteiger partial charge in [-0.25, -0.2) is 0 Å². The van der Waals surface area contributed by atoms with Crippen molar-refractivity contribution in [3.63, 3.8) is 0 Å². The zero-order chi connectivity index (χ0) is 20.5. The summed E-state index contributed by atoms with van der Waals surface area (Å²) in [5.74, 6) is 0.857. The van der Waals surface area contributed by atoms with Crippen LogP contribution in [0.5, 0.6) is 5.88 Å². The molecule has 0 spiro atoms. The van der Waals surface area contributed by atoms with Crippen molar-refractivity contribution in [3.05, 3.63) is 58.1 Å². The lowest BCUT2D eigenvalue weighted by molar-refractivity contribution is -0.118. The number of anilines is 1. The van der Waals surface area contributed by atoms with E-state index < -0.39 is 6.23 Å². The molecule has 1 aromatic heterocycles. The lowest BCUT2D eigenvalue weighted by Gasteiger charge is -2.30. The molecule has 2 aromatic carbocycles. The number of para-hydroxylation sites is 1. The molecule has 29 heavy (non-hydrogen) atoms. The highest BCUT2D eigenvalue weighted by atomic mass is 35.5. The molecule has 0 aliphatic carbocycles. The van der Waals surface area contributed by atoms with Gasteiger partial charge in [-0.2, -0.15) is 4.98 Å². The van der Waals surface area contributed by atoms with Gasteiger partial charge in [-0.1, -0.05) is 72.2 Å². The Bertz CT molecular complexity index is 1100. The molecule has 4 rings (SSSR count). The van der Waals surface area contributed by atoms with E-state index in [1.807, 2.05) is 31.2 Å². The zero-order valence-electron chi connectivity index (χ0n) is 15.6. The number of hydrogen-bond donors (Lipinski definition) is 0. The van der Waals surface area contributed by atoms with Crippen LogP contribution in [0.15, 0.2) is 47.6 Å². The topological polar surface area (TPSA) is 68.2 Å². The van der Waals surface area contributed by atoms with Crippen LogP contribution in [-0.2, 0) is 4.79 Å². The van der Waals surface area contributed by atoms with E-state index in [-0.39, 0.29) is 11.8 Å². The van der Waals surface area contributed by atoms with Gasteiger partial charge in [0.25, 0.3) is 0 Å². The first-order chi connectivity index (χ1) is 14.0. The third kappa shape index (κ3) is 3.66. The molecule has 148 valence electrons. The summed E-state index contributed by atoms with van der Waals surface area (Å²) in [7, 11) is 0. The second kappa shape index (κ2) is 8.18. The number of aromatic nitrogens is 3. The Morgan fingerprint density at radius 1 is 1.17 bits per heavy atom. The number of amides is 1. The molecule has 0 N–H and O–H groups in total. The highest BCUT2D eigenvalue weighted by molar-refractivity contribution is 7.99. The van der Waals surface area contributed by atoms with Crippen LogP contribution >= 0.6 is 35.0 Å². The minimum Gasteiger partial charge on any atom is -0.447 e. The van der Waals surface area contributed by atoms with Crippen molar-refractivity contribution in [2.45, 2.75) is 25.2 Å². The maximum atomic E-state index is 12.7. The number of carbonyl (C=O) groups is 1. The Labute approximate surface area is 182 Å². The average molecular weight is 447 g/mol. The lowest BCUT2D eigenvalue weighted by atomic mass is 10.1. The van der Waals surface area contributed by atoms with Crippen molar-refractivity contribution in [3.8, 4) is 17.1 Å². The Hall–Kier alpha value is -2.35. The van der Waals surface area contributed by atoms with Gasteiger partial charge in [0.05, 0.1) is 15.7 Å². The van der Waals surface area contributed by atoms with Crippen LogP contribution in [-0.4, -0.2) is 26.8 Å². The number of halogens is 2. The zero-order valence-corrected chi connectivity index (χ0v) is 17.9. The molecule has 1 amide bonds. The number of hydrogen-bond acceptors (Lipinski definition) is 6. The predicted molar refractivity (Wildman–Crippen MR) is 115 cm³/mol. The summed E-state index contributed by atoms with van der Waals surface area (Å²) in [5.41, 5.74) is 2.35. The molecule has 1 aliphatic heterocycles. The molecular formula is C20H16Cl2N4O2S. The number of carbonyl (C=O) groups excluding carboxylic acids is 1. The Balaban J connectivity index is 1.98. The Morgan fingerprint density at radius 2 is 1.97 bits per heavy atom. The second-order valence-corrected chi connectivity index (χ2v) is 8.22. The average Bonchev–Trinajstić information content (AvgIpc) is 2.84. The second-order valence-electron chi connectivity index (χ2n) is 6.20. The Kier molecular flexibility index (Phi) is 5.63. The van der Waals surface area contributed by atoms with Crippen LogP contribution in [0.2, 0.25) is 10.0 Å². The third-order valence-electron chi connectivity index (χ3n) is 4.37. The fraction of sp³-hybridized carbons (Fsp3) is 0.200.